The van der Waals surface area contributed by atoms with Crippen molar-refractivity contribution < 1.29 is 9.50 Å². The number of phenolic OH excluding ortho intramolecular Hbond substituents is 1. The molecule has 0 fully saturated rings. The molecule has 3 aromatic heterocycles. The molecule has 0 amide bonds. The van der Waals surface area contributed by atoms with Gasteiger partial charge < -0.3 is 15.7 Å². The largest absolute Gasteiger partial charge is 0.508 e. The fraction of sp³-hybridized carbons (Fsp3) is 0.130. The lowest BCUT2D eigenvalue weighted by molar-refractivity contribution is 0.462. The van der Waals surface area contributed by atoms with Crippen LogP contribution in [0.2, 0.25) is 0 Å². The molecule has 1 atom stereocenters. The SMILES string of the molecule is CNc1ccc(-n2cc(-c3cnc4ccc(N[C@H](C)c5cc(F)ccc5O)nn34)nn2)cc1. The van der Waals surface area contributed by atoms with E-state index in [4.69, 9.17) is 0 Å². The highest BCUT2D eigenvalue weighted by Crippen LogP contribution is 2.28. The van der Waals surface area contributed by atoms with Crippen LogP contribution in [0.1, 0.15) is 18.5 Å². The smallest absolute Gasteiger partial charge is 0.154 e. The summed E-state index contributed by atoms with van der Waals surface area (Å²) >= 11 is 0. The maximum absolute atomic E-state index is 13.6. The molecule has 0 unspecified atom stereocenters. The first-order valence-electron chi connectivity index (χ1n) is 10.3. The summed E-state index contributed by atoms with van der Waals surface area (Å²) in [6.45, 7) is 1.82. The molecule has 0 spiro atoms. The lowest BCUT2D eigenvalue weighted by Gasteiger charge is -2.16. The van der Waals surface area contributed by atoms with Crippen molar-refractivity contribution in [1.82, 2.24) is 29.6 Å². The number of hydrogen-bond donors (Lipinski definition) is 3. The normalized spacial score (nSPS) is 12.1. The van der Waals surface area contributed by atoms with Gasteiger partial charge in [0.1, 0.15) is 28.8 Å². The highest BCUT2D eigenvalue weighted by molar-refractivity contribution is 5.60. The molecule has 2 aromatic carbocycles. The quantitative estimate of drug-likeness (QED) is 0.363. The number of nitrogens with one attached hydrogen (secondary N) is 2. The monoisotopic (exact) mass is 444 g/mol. The molecule has 5 aromatic rings. The first-order chi connectivity index (χ1) is 16.0. The van der Waals surface area contributed by atoms with Gasteiger partial charge in [0.2, 0.25) is 0 Å². The Morgan fingerprint density at radius 1 is 1.06 bits per heavy atom. The van der Waals surface area contributed by atoms with Gasteiger partial charge in [-0.15, -0.1) is 10.2 Å². The number of fused-ring (bicyclic) bond motifs is 1. The molecule has 3 N–H and O–H groups in total. The molecule has 0 aliphatic heterocycles. The van der Waals surface area contributed by atoms with E-state index in [0.717, 1.165) is 11.4 Å². The van der Waals surface area contributed by atoms with Crippen molar-refractivity contribution >= 4 is 17.2 Å². The molecule has 0 saturated heterocycles. The minimum Gasteiger partial charge on any atom is -0.508 e. The van der Waals surface area contributed by atoms with Gasteiger partial charge >= 0.3 is 0 Å². The van der Waals surface area contributed by atoms with Gasteiger partial charge in [-0.25, -0.2) is 18.6 Å². The molecule has 0 bridgehead atoms. The van der Waals surface area contributed by atoms with Gasteiger partial charge in [-0.3, -0.25) is 0 Å². The summed E-state index contributed by atoms with van der Waals surface area (Å²) in [5.41, 5.74) is 4.25. The predicted octanol–water partition coefficient (Wildman–Crippen LogP) is 4.04. The Hall–Kier alpha value is -4.47. The van der Waals surface area contributed by atoms with Gasteiger partial charge in [0.15, 0.2) is 5.65 Å². The minimum atomic E-state index is -0.416. The Bertz CT molecular complexity index is 1430. The average molecular weight is 444 g/mol. The van der Waals surface area contributed by atoms with E-state index >= 15 is 0 Å². The van der Waals surface area contributed by atoms with E-state index in [1.54, 1.807) is 21.5 Å². The van der Waals surface area contributed by atoms with Crippen molar-refractivity contribution in [1.29, 1.82) is 0 Å². The molecule has 0 radical (unpaired) electrons. The molecule has 9 nitrogen and oxygen atoms in total. The number of benzene rings is 2. The summed E-state index contributed by atoms with van der Waals surface area (Å²) in [5.74, 6) is 0.133. The Balaban J connectivity index is 1.44. The summed E-state index contributed by atoms with van der Waals surface area (Å²) in [6.07, 6.45) is 3.50. The van der Waals surface area contributed by atoms with Crippen molar-refractivity contribution in [2.75, 3.05) is 17.7 Å². The molecular formula is C23H21FN8O. The molecule has 0 aliphatic rings. The van der Waals surface area contributed by atoms with Crippen LogP contribution in [0.25, 0.3) is 22.7 Å². The van der Waals surface area contributed by atoms with E-state index in [1.165, 1.54) is 18.2 Å². The van der Waals surface area contributed by atoms with Crippen molar-refractivity contribution in [3.63, 3.8) is 0 Å². The molecule has 5 rings (SSSR count). The number of imidazole rings is 1. The van der Waals surface area contributed by atoms with Gasteiger partial charge in [-0.1, -0.05) is 5.21 Å². The summed E-state index contributed by atoms with van der Waals surface area (Å²) in [7, 11) is 1.87. The number of hydrogen-bond acceptors (Lipinski definition) is 7. The van der Waals surface area contributed by atoms with E-state index in [2.05, 4.69) is 31.0 Å². The summed E-state index contributed by atoms with van der Waals surface area (Å²) in [4.78, 5) is 4.40. The van der Waals surface area contributed by atoms with Crippen molar-refractivity contribution in [2.45, 2.75) is 13.0 Å². The first kappa shape index (κ1) is 20.4. The van der Waals surface area contributed by atoms with Crippen LogP contribution in [0.15, 0.2) is 67.0 Å². The number of aromatic hydroxyl groups is 1. The summed E-state index contributed by atoms with van der Waals surface area (Å²) in [5, 5.41) is 29.5. The van der Waals surface area contributed by atoms with Crippen LogP contribution in [0.4, 0.5) is 15.9 Å². The van der Waals surface area contributed by atoms with Gasteiger partial charge in [0.05, 0.1) is 24.1 Å². The topological polar surface area (TPSA) is 105 Å². The predicted molar refractivity (Wildman–Crippen MR) is 123 cm³/mol. The standard InChI is InChI=1S/C23H21FN8O/c1-14(18-11-15(24)3-8-21(18)33)27-22-9-10-23-26-12-20(32(23)29-22)19-13-31(30-28-19)17-6-4-16(25-2)5-7-17/h3-14,25,33H,1-2H3,(H,27,29)/t14-/m1/s1. The van der Waals surface area contributed by atoms with Gasteiger partial charge in [-0.05, 0) is 61.5 Å². The zero-order valence-electron chi connectivity index (χ0n) is 17.9. The highest BCUT2D eigenvalue weighted by Gasteiger charge is 2.15. The number of rotatable bonds is 6. The van der Waals surface area contributed by atoms with Gasteiger partial charge in [0, 0.05) is 18.3 Å². The summed E-state index contributed by atoms with van der Waals surface area (Å²) in [6, 6.07) is 14.9. The highest BCUT2D eigenvalue weighted by atomic mass is 19.1. The van der Waals surface area contributed by atoms with Crippen LogP contribution < -0.4 is 10.6 Å². The maximum atomic E-state index is 13.6. The number of nitrogens with zero attached hydrogens (tertiary/aromatic N) is 6. The molecule has 33 heavy (non-hydrogen) atoms. The third-order valence-corrected chi connectivity index (χ3v) is 5.36. The number of anilines is 2. The second kappa shape index (κ2) is 8.23. The van der Waals surface area contributed by atoms with E-state index < -0.39 is 5.82 Å². The summed E-state index contributed by atoms with van der Waals surface area (Å²) < 4.78 is 17.0. The number of aromatic nitrogens is 6. The van der Waals surface area contributed by atoms with E-state index in [-0.39, 0.29) is 11.8 Å². The molecule has 3 heterocycles. The Morgan fingerprint density at radius 2 is 1.88 bits per heavy atom. The van der Waals surface area contributed by atoms with Crippen LogP contribution in [0, 0.1) is 5.82 Å². The fourth-order valence-electron chi connectivity index (χ4n) is 3.58. The van der Waals surface area contributed by atoms with Crippen molar-refractivity contribution in [3.05, 3.63) is 78.4 Å². The molecule has 10 heteroatoms. The Labute approximate surface area is 188 Å². The van der Waals surface area contributed by atoms with Crippen LogP contribution >= 0.6 is 0 Å². The van der Waals surface area contributed by atoms with Gasteiger partial charge in [-0.2, -0.15) is 0 Å². The van der Waals surface area contributed by atoms with E-state index in [0.29, 0.717) is 28.4 Å². The zero-order chi connectivity index (χ0) is 22.9. The van der Waals surface area contributed by atoms with Crippen molar-refractivity contribution in [2.24, 2.45) is 0 Å². The lowest BCUT2D eigenvalue weighted by Crippen LogP contribution is -2.10. The third kappa shape index (κ3) is 3.93. The lowest BCUT2D eigenvalue weighted by atomic mass is 10.1. The molecule has 0 aliphatic carbocycles. The number of halogens is 1. The first-order valence-corrected chi connectivity index (χ1v) is 10.3. The molecule has 166 valence electrons. The second-order valence-corrected chi connectivity index (χ2v) is 7.55. The van der Waals surface area contributed by atoms with E-state index in [9.17, 15) is 9.50 Å². The molecule has 0 saturated carbocycles. The van der Waals surface area contributed by atoms with Gasteiger partial charge in [0.25, 0.3) is 0 Å². The maximum Gasteiger partial charge on any atom is 0.154 e. The van der Waals surface area contributed by atoms with Crippen LogP contribution in [0.5, 0.6) is 5.75 Å². The van der Waals surface area contributed by atoms with Crippen LogP contribution in [-0.4, -0.2) is 41.7 Å². The fourth-order valence-corrected chi connectivity index (χ4v) is 3.58. The second-order valence-electron chi connectivity index (χ2n) is 7.55. The molecular weight excluding hydrogens is 423 g/mol. The van der Waals surface area contributed by atoms with Crippen LogP contribution in [-0.2, 0) is 0 Å². The minimum absolute atomic E-state index is 0.0140. The third-order valence-electron chi connectivity index (χ3n) is 5.36. The average Bonchev–Trinajstić information content (AvgIpc) is 3.47. The number of phenols is 1. The van der Waals surface area contributed by atoms with Crippen LogP contribution in [0.3, 0.4) is 0 Å². The zero-order valence-corrected chi connectivity index (χ0v) is 17.9. The van der Waals surface area contributed by atoms with Crippen molar-refractivity contribution in [3.8, 4) is 22.8 Å². The van der Waals surface area contributed by atoms with E-state index in [1.807, 2.05) is 50.5 Å². The Kier molecular flexibility index (Phi) is 5.09. The Morgan fingerprint density at radius 3 is 2.67 bits per heavy atom.